The summed E-state index contributed by atoms with van der Waals surface area (Å²) in [7, 11) is -3.14. The molecule has 2 aliphatic rings. The lowest BCUT2D eigenvalue weighted by molar-refractivity contribution is -0.142. The van der Waals surface area contributed by atoms with Gasteiger partial charge < -0.3 is 5.32 Å². The van der Waals surface area contributed by atoms with E-state index < -0.39 is 33.7 Å². The fourth-order valence-corrected chi connectivity index (χ4v) is 5.33. The molecule has 1 N–H and O–H groups in total. The molecule has 1 aliphatic heterocycles. The van der Waals surface area contributed by atoms with Gasteiger partial charge in [0.05, 0.1) is 21.7 Å². The van der Waals surface area contributed by atoms with E-state index in [2.05, 4.69) is 26.3 Å². The van der Waals surface area contributed by atoms with Gasteiger partial charge in [0.1, 0.15) is 6.54 Å². The van der Waals surface area contributed by atoms with Gasteiger partial charge in [-0.15, -0.1) is 0 Å². The molecule has 0 aromatic carbocycles. The van der Waals surface area contributed by atoms with Crippen LogP contribution in [0.15, 0.2) is 4.47 Å². The maximum absolute atomic E-state index is 13.0. The molecule has 1 saturated heterocycles. The number of hydrogen-bond donors (Lipinski definition) is 1. The van der Waals surface area contributed by atoms with Gasteiger partial charge in [-0.2, -0.15) is 18.3 Å². The van der Waals surface area contributed by atoms with Crippen molar-refractivity contribution in [3.8, 4) is 0 Å². The van der Waals surface area contributed by atoms with Crippen molar-refractivity contribution in [2.24, 2.45) is 0 Å². The first kappa shape index (κ1) is 17.7. The molecule has 0 unspecified atom stereocenters. The predicted octanol–water partition coefficient (Wildman–Crippen LogP) is 1.85. The van der Waals surface area contributed by atoms with Crippen molar-refractivity contribution in [2.75, 3.05) is 11.5 Å². The Balaban J connectivity index is 1.76. The van der Waals surface area contributed by atoms with Gasteiger partial charge in [0.2, 0.25) is 5.91 Å². The number of nitrogens with zero attached hydrogens (tertiary/aromatic N) is 2. The zero-order valence-corrected chi connectivity index (χ0v) is 14.8. The Labute approximate surface area is 144 Å². The highest BCUT2D eigenvalue weighted by atomic mass is 79.9. The second kappa shape index (κ2) is 6.01. The number of sulfone groups is 1. The van der Waals surface area contributed by atoms with Crippen LogP contribution in [0.25, 0.3) is 0 Å². The van der Waals surface area contributed by atoms with Crippen LogP contribution in [0.2, 0.25) is 0 Å². The summed E-state index contributed by atoms with van der Waals surface area (Å²) < 4.78 is 62.7. The highest BCUT2D eigenvalue weighted by molar-refractivity contribution is 9.10. The number of hydrogen-bond acceptors (Lipinski definition) is 4. The molecule has 2 heterocycles. The van der Waals surface area contributed by atoms with Crippen molar-refractivity contribution in [3.05, 3.63) is 15.9 Å². The Bertz CT molecular complexity index is 771. The zero-order chi connectivity index (χ0) is 17.7. The smallest absolute Gasteiger partial charge is 0.351 e. The molecule has 1 saturated carbocycles. The molecule has 3 rings (SSSR count). The molecule has 2 fully saturated rings. The largest absolute Gasteiger partial charge is 0.436 e. The number of halogens is 4. The lowest BCUT2D eigenvalue weighted by atomic mass is 10.2. The average Bonchev–Trinajstić information content (AvgIpc) is 3.12. The van der Waals surface area contributed by atoms with Crippen molar-refractivity contribution in [3.63, 3.8) is 0 Å². The monoisotopic (exact) mass is 429 g/mol. The van der Waals surface area contributed by atoms with Crippen LogP contribution in [-0.4, -0.2) is 41.7 Å². The van der Waals surface area contributed by atoms with Gasteiger partial charge in [0, 0.05) is 12.0 Å². The highest BCUT2D eigenvalue weighted by Crippen LogP contribution is 2.46. The van der Waals surface area contributed by atoms with Gasteiger partial charge in [0.25, 0.3) is 0 Å². The lowest BCUT2D eigenvalue weighted by Crippen LogP contribution is -2.38. The standard InChI is InChI=1S/C13H15BrF3N3O3S/c14-10-11(7-1-2-7)20(19-12(10)13(15,16)17)5-9(21)18-8-3-4-24(22,23)6-8/h7-8H,1-6H2,(H,18,21)/t8-/m1/s1. The molecule has 0 bridgehead atoms. The van der Waals surface area contributed by atoms with Crippen LogP contribution in [0.5, 0.6) is 0 Å². The fourth-order valence-electron chi connectivity index (χ4n) is 2.82. The van der Waals surface area contributed by atoms with Gasteiger partial charge >= 0.3 is 6.18 Å². The minimum atomic E-state index is -4.61. The van der Waals surface area contributed by atoms with Gasteiger partial charge in [0.15, 0.2) is 15.5 Å². The first-order chi connectivity index (χ1) is 11.1. The number of aromatic nitrogens is 2. The number of carbonyl (C=O) groups excluding carboxylic acids is 1. The maximum atomic E-state index is 13.0. The molecule has 1 aromatic heterocycles. The Morgan fingerprint density at radius 2 is 2.00 bits per heavy atom. The van der Waals surface area contributed by atoms with Crippen molar-refractivity contribution in [1.82, 2.24) is 15.1 Å². The third kappa shape index (κ3) is 3.76. The number of nitrogens with one attached hydrogen (secondary N) is 1. The van der Waals surface area contributed by atoms with E-state index in [1.807, 2.05) is 0 Å². The Kier molecular flexibility index (Phi) is 4.44. The van der Waals surface area contributed by atoms with Crippen LogP contribution in [0, 0.1) is 0 Å². The first-order valence-electron chi connectivity index (χ1n) is 7.40. The van der Waals surface area contributed by atoms with E-state index in [0.717, 1.165) is 17.5 Å². The van der Waals surface area contributed by atoms with Crippen LogP contribution >= 0.6 is 15.9 Å². The highest BCUT2D eigenvalue weighted by Gasteiger charge is 2.42. The molecule has 1 atom stereocenters. The van der Waals surface area contributed by atoms with E-state index in [9.17, 15) is 26.4 Å². The Hall–Kier alpha value is -1.10. The van der Waals surface area contributed by atoms with Crippen molar-refractivity contribution in [1.29, 1.82) is 0 Å². The predicted molar refractivity (Wildman–Crippen MR) is 82.1 cm³/mol. The molecule has 1 aliphatic carbocycles. The van der Waals surface area contributed by atoms with Gasteiger partial charge in [-0.25, -0.2) is 8.42 Å². The summed E-state index contributed by atoms with van der Waals surface area (Å²) in [5.41, 5.74) is -0.669. The van der Waals surface area contributed by atoms with E-state index in [1.54, 1.807) is 0 Å². The number of amides is 1. The normalized spacial score (nSPS) is 23.4. The number of alkyl halides is 3. The second-order valence-electron chi connectivity index (χ2n) is 6.14. The third-order valence-electron chi connectivity index (χ3n) is 4.06. The SMILES string of the molecule is O=C(Cn1nc(C(F)(F)F)c(Br)c1C1CC1)N[C@@H]1CCS(=O)(=O)C1. The molecule has 134 valence electrons. The summed E-state index contributed by atoms with van der Waals surface area (Å²) in [6.07, 6.45) is -2.78. The number of carbonyl (C=O) groups is 1. The minimum absolute atomic E-state index is 0.0107. The Morgan fingerprint density at radius 3 is 2.50 bits per heavy atom. The molecule has 6 nitrogen and oxygen atoms in total. The van der Waals surface area contributed by atoms with Crippen LogP contribution in [0.4, 0.5) is 13.2 Å². The van der Waals surface area contributed by atoms with Crippen LogP contribution in [0.3, 0.4) is 0 Å². The number of rotatable bonds is 4. The molecule has 0 spiro atoms. The van der Waals surface area contributed by atoms with Crippen molar-refractivity contribution in [2.45, 2.75) is 43.9 Å². The molecule has 0 radical (unpaired) electrons. The molecule has 1 amide bonds. The molecular formula is C13H15BrF3N3O3S. The van der Waals surface area contributed by atoms with E-state index in [0.29, 0.717) is 12.1 Å². The first-order valence-corrected chi connectivity index (χ1v) is 10.0. The summed E-state index contributed by atoms with van der Waals surface area (Å²) in [6.45, 7) is -0.364. The fraction of sp³-hybridized carbons (Fsp3) is 0.692. The minimum Gasteiger partial charge on any atom is -0.351 e. The summed E-state index contributed by atoms with van der Waals surface area (Å²) in [5, 5.41) is 6.11. The molecule has 11 heteroatoms. The second-order valence-corrected chi connectivity index (χ2v) is 9.17. The average molecular weight is 430 g/mol. The summed E-state index contributed by atoms with van der Waals surface area (Å²) in [5.74, 6) is -0.702. The van der Waals surface area contributed by atoms with Crippen LogP contribution < -0.4 is 5.32 Å². The summed E-state index contributed by atoms with van der Waals surface area (Å²) in [6, 6.07) is -0.493. The van der Waals surface area contributed by atoms with E-state index >= 15 is 0 Å². The quantitative estimate of drug-likeness (QED) is 0.791. The Morgan fingerprint density at radius 1 is 1.33 bits per heavy atom. The van der Waals surface area contributed by atoms with E-state index in [4.69, 9.17) is 0 Å². The summed E-state index contributed by atoms with van der Waals surface area (Å²) >= 11 is 2.96. The lowest BCUT2D eigenvalue weighted by Gasteiger charge is -2.12. The molecule has 1 aromatic rings. The molecule has 24 heavy (non-hydrogen) atoms. The third-order valence-corrected chi connectivity index (χ3v) is 6.60. The summed E-state index contributed by atoms with van der Waals surface area (Å²) in [4.78, 5) is 12.1. The van der Waals surface area contributed by atoms with Crippen molar-refractivity contribution >= 4 is 31.7 Å². The van der Waals surface area contributed by atoms with E-state index in [-0.39, 0.29) is 28.4 Å². The van der Waals surface area contributed by atoms with Crippen LogP contribution in [-0.2, 0) is 27.4 Å². The topological polar surface area (TPSA) is 81.1 Å². The zero-order valence-electron chi connectivity index (χ0n) is 12.4. The maximum Gasteiger partial charge on any atom is 0.436 e. The molecular weight excluding hydrogens is 415 g/mol. The van der Waals surface area contributed by atoms with Gasteiger partial charge in [-0.1, -0.05) is 0 Å². The van der Waals surface area contributed by atoms with Gasteiger partial charge in [-0.3, -0.25) is 9.48 Å². The van der Waals surface area contributed by atoms with E-state index in [1.165, 1.54) is 0 Å². The van der Waals surface area contributed by atoms with Crippen molar-refractivity contribution < 1.29 is 26.4 Å². The van der Waals surface area contributed by atoms with Crippen LogP contribution in [0.1, 0.15) is 36.6 Å². The van der Waals surface area contributed by atoms with Gasteiger partial charge in [-0.05, 0) is 35.2 Å².